The summed E-state index contributed by atoms with van der Waals surface area (Å²) in [6, 6.07) is 0. The van der Waals surface area contributed by atoms with E-state index in [2.05, 4.69) is 81.5 Å². The molecule has 0 nitrogen and oxygen atoms in total. The molecule has 0 spiro atoms. The van der Waals surface area contributed by atoms with Gasteiger partial charge in [0.25, 0.3) is 0 Å². The van der Waals surface area contributed by atoms with E-state index in [4.69, 9.17) is 0 Å². The Labute approximate surface area is 112 Å². The van der Waals surface area contributed by atoms with E-state index >= 15 is 0 Å². The van der Waals surface area contributed by atoms with Crippen molar-refractivity contribution in [3.63, 3.8) is 0 Å². The van der Waals surface area contributed by atoms with Crippen molar-refractivity contribution < 1.29 is 20.0 Å². The Hall–Kier alpha value is -0.456. The van der Waals surface area contributed by atoms with E-state index in [0.717, 1.165) is 12.8 Å². The van der Waals surface area contributed by atoms with Crippen molar-refractivity contribution in [1.29, 1.82) is 0 Å². The van der Waals surface area contributed by atoms with E-state index in [0.29, 0.717) is 0 Å². The molecular formula is C15H20Ti. The molecule has 2 aliphatic rings. The molecule has 0 amide bonds. The number of rotatable bonds is 1. The van der Waals surface area contributed by atoms with Gasteiger partial charge in [-0.3, -0.25) is 12.2 Å². The first-order chi connectivity index (χ1) is 7.70. The number of hydrogen-bond acceptors (Lipinski definition) is 0. The van der Waals surface area contributed by atoms with Gasteiger partial charge in [0.2, 0.25) is 0 Å². The van der Waals surface area contributed by atoms with Gasteiger partial charge in [-0.2, -0.15) is 12.2 Å². The maximum atomic E-state index is 3.12. The summed E-state index contributed by atoms with van der Waals surface area (Å²) in [5.41, 5.74) is 2.55. The molecule has 0 heterocycles. The number of hydrogen-bond donors (Lipinski definition) is 0. The van der Waals surface area contributed by atoms with Gasteiger partial charge in [0, 0.05) is 0 Å². The first-order valence-corrected chi connectivity index (χ1v) is 6.57. The maximum absolute atomic E-state index is 3.12. The zero-order chi connectivity index (χ0) is 12.2. The van der Waals surface area contributed by atoms with E-state index in [9.17, 15) is 0 Å². The summed E-state index contributed by atoms with van der Waals surface area (Å²) in [7, 11) is 0. The van der Waals surface area contributed by atoms with Crippen molar-refractivity contribution in [3.8, 4) is 0 Å². The third-order valence-electron chi connectivity index (χ3n) is 1.94. The van der Waals surface area contributed by atoms with E-state index in [1.807, 2.05) is 0 Å². The molecule has 84 valence electrons. The first-order valence-electron chi connectivity index (χ1n) is 5.67. The van der Waals surface area contributed by atoms with Crippen LogP contribution in [0, 0.1) is 12.2 Å². The molecule has 0 N–H and O–H groups in total. The Morgan fingerprint density at radius 3 is 1.56 bits per heavy atom. The molecule has 0 aliphatic heterocycles. The van der Waals surface area contributed by atoms with Gasteiger partial charge in [-0.05, 0) is 0 Å². The Kier molecular flexibility index (Phi) is 10.7. The molecule has 0 atom stereocenters. The fourth-order valence-electron chi connectivity index (χ4n) is 1.03. The molecule has 0 unspecified atom stereocenters. The monoisotopic (exact) mass is 248 g/mol. The molecule has 0 saturated heterocycles. The Morgan fingerprint density at radius 1 is 1.12 bits per heavy atom. The van der Waals surface area contributed by atoms with Gasteiger partial charge in [-0.25, -0.2) is 23.3 Å². The summed E-state index contributed by atoms with van der Waals surface area (Å²) in [6.07, 6.45) is 17.9. The minimum atomic E-state index is 1.02. The summed E-state index contributed by atoms with van der Waals surface area (Å²) in [4.78, 5) is 0. The van der Waals surface area contributed by atoms with Crippen molar-refractivity contribution >= 4 is 4.31 Å². The first kappa shape index (κ1) is 15.5. The van der Waals surface area contributed by atoms with Crippen LogP contribution in [0.5, 0.6) is 0 Å². The molecule has 16 heavy (non-hydrogen) atoms. The van der Waals surface area contributed by atoms with Crippen LogP contribution in [-0.4, -0.2) is 4.31 Å². The van der Waals surface area contributed by atoms with Crippen LogP contribution in [0.2, 0.25) is 0 Å². The van der Waals surface area contributed by atoms with Gasteiger partial charge in [0.05, 0.1) is 0 Å². The predicted octanol–water partition coefficient (Wildman–Crippen LogP) is 4.14. The zero-order valence-corrected chi connectivity index (χ0v) is 12.1. The van der Waals surface area contributed by atoms with E-state index in [-0.39, 0.29) is 0 Å². The van der Waals surface area contributed by atoms with E-state index < -0.39 is 0 Å². The van der Waals surface area contributed by atoms with Gasteiger partial charge >= 0.3 is 37.6 Å². The van der Waals surface area contributed by atoms with Crippen LogP contribution in [0.1, 0.15) is 40.0 Å². The van der Waals surface area contributed by atoms with Gasteiger partial charge in [0.15, 0.2) is 0 Å². The van der Waals surface area contributed by atoms with Crippen LogP contribution < -0.4 is 0 Å². The van der Waals surface area contributed by atoms with Crippen molar-refractivity contribution in [2.45, 2.75) is 40.0 Å². The normalized spacial score (nSPS) is 15.6. The molecule has 0 fully saturated rings. The van der Waals surface area contributed by atoms with Crippen molar-refractivity contribution in [2.75, 3.05) is 0 Å². The van der Waals surface area contributed by atoms with Gasteiger partial charge in [-0.15, -0.1) is 12.8 Å². The molecule has 2 rings (SSSR count). The average molecular weight is 248 g/mol. The second kappa shape index (κ2) is 11.0. The molecule has 0 radical (unpaired) electrons. The molecule has 2 aliphatic carbocycles. The Balaban J connectivity index is 0.000000217. The van der Waals surface area contributed by atoms with Crippen molar-refractivity contribution in [2.24, 2.45) is 0 Å². The van der Waals surface area contributed by atoms with Gasteiger partial charge in [-0.1, -0.05) is 13.8 Å². The molecular weight excluding hydrogens is 228 g/mol. The summed E-state index contributed by atoms with van der Waals surface area (Å²) in [5, 5.41) is 0. The summed E-state index contributed by atoms with van der Waals surface area (Å²) < 4.78 is 2.12. The quantitative estimate of drug-likeness (QED) is 0.483. The van der Waals surface area contributed by atoms with Crippen molar-refractivity contribution in [3.05, 3.63) is 47.6 Å². The molecule has 0 saturated carbocycles. The molecule has 0 aromatic carbocycles. The fourth-order valence-corrected chi connectivity index (χ4v) is 1.03. The summed E-state index contributed by atoms with van der Waals surface area (Å²) in [5.74, 6) is 0. The van der Waals surface area contributed by atoms with Crippen LogP contribution in [0.3, 0.4) is 0 Å². The molecule has 0 bridgehead atoms. The fraction of sp³-hybridized carbons (Fsp3) is 0.400. The predicted molar refractivity (Wildman–Crippen MR) is 68.7 cm³/mol. The Bertz CT molecular complexity index is 270. The standard InChI is InChI=1S/2C6H7.C3H6.Ti/c2*1-6-4-2-3-5-6;1-3-2;/h2*2,4H,3H2,1H3;1H,3H2,2H3;/q2*-1;;+2. The topological polar surface area (TPSA) is 0 Å². The third kappa shape index (κ3) is 10.1. The minimum absolute atomic E-state index is 1.02. The summed E-state index contributed by atoms with van der Waals surface area (Å²) >= 11 is 2.06. The SMILES string of the molecule is CC1=[C-]CC=C1.CC1=[C-]CC=C1.CC[CH]=[Ti+2]. The molecule has 0 aromatic rings. The van der Waals surface area contributed by atoms with Crippen LogP contribution in [-0.2, 0) is 20.0 Å². The van der Waals surface area contributed by atoms with Gasteiger partial charge < -0.3 is 0 Å². The van der Waals surface area contributed by atoms with Crippen LogP contribution >= 0.6 is 0 Å². The van der Waals surface area contributed by atoms with Crippen molar-refractivity contribution in [1.82, 2.24) is 0 Å². The summed E-state index contributed by atoms with van der Waals surface area (Å²) in [6.45, 7) is 6.24. The molecule has 0 aromatic heterocycles. The second-order valence-electron chi connectivity index (χ2n) is 3.54. The average Bonchev–Trinajstić information content (AvgIpc) is 2.93. The third-order valence-corrected chi connectivity index (χ3v) is 2.57. The van der Waals surface area contributed by atoms with Crippen LogP contribution in [0.4, 0.5) is 0 Å². The molecule has 1 heteroatoms. The zero-order valence-electron chi connectivity index (χ0n) is 10.5. The van der Waals surface area contributed by atoms with Crippen LogP contribution in [0.25, 0.3) is 0 Å². The van der Waals surface area contributed by atoms with E-state index in [1.54, 1.807) is 0 Å². The number of allylic oxidation sites excluding steroid dienone is 8. The van der Waals surface area contributed by atoms with Gasteiger partial charge in [0.1, 0.15) is 0 Å². The Morgan fingerprint density at radius 2 is 1.50 bits per heavy atom. The van der Waals surface area contributed by atoms with E-state index in [1.165, 1.54) is 17.6 Å². The second-order valence-corrected chi connectivity index (χ2v) is 4.18. The van der Waals surface area contributed by atoms with Crippen LogP contribution in [0.15, 0.2) is 35.5 Å².